The molecule has 1 aliphatic heterocycles. The van der Waals surface area contributed by atoms with Crippen LogP contribution in [-0.2, 0) is 6.42 Å². The van der Waals surface area contributed by atoms with Crippen LogP contribution in [-0.4, -0.2) is 74.4 Å². The number of nitrogens with zero attached hydrogens (tertiary/aromatic N) is 3. The Bertz CT molecular complexity index is 674. The van der Waals surface area contributed by atoms with Crippen molar-refractivity contribution in [3.8, 4) is 18.1 Å². The van der Waals surface area contributed by atoms with Gasteiger partial charge in [0.1, 0.15) is 18.4 Å². The number of piperazine rings is 1. The first-order chi connectivity index (χ1) is 13.3. The SMILES string of the molecule is C#CCOc1ccc(CCNC(=NC)N2CCN(C(C)C(F)(F)F)CC2)cc1. The Balaban J connectivity index is 1.77. The predicted molar refractivity (Wildman–Crippen MR) is 104 cm³/mol. The lowest BCUT2D eigenvalue weighted by Gasteiger charge is -2.39. The lowest BCUT2D eigenvalue weighted by molar-refractivity contribution is -0.181. The molecule has 8 heteroatoms. The summed E-state index contributed by atoms with van der Waals surface area (Å²) >= 11 is 0. The van der Waals surface area contributed by atoms with Gasteiger partial charge in [-0.2, -0.15) is 13.2 Å². The maximum Gasteiger partial charge on any atom is 0.403 e. The van der Waals surface area contributed by atoms with Crippen molar-refractivity contribution in [1.82, 2.24) is 15.1 Å². The van der Waals surface area contributed by atoms with Gasteiger partial charge in [-0.1, -0.05) is 18.1 Å². The molecule has 1 atom stereocenters. The van der Waals surface area contributed by atoms with Crippen LogP contribution in [0.5, 0.6) is 5.75 Å². The Morgan fingerprint density at radius 3 is 2.43 bits per heavy atom. The molecule has 1 aromatic rings. The molecule has 28 heavy (non-hydrogen) atoms. The zero-order valence-corrected chi connectivity index (χ0v) is 16.3. The first-order valence-electron chi connectivity index (χ1n) is 9.26. The van der Waals surface area contributed by atoms with Gasteiger partial charge in [0.2, 0.25) is 0 Å². The smallest absolute Gasteiger partial charge is 0.403 e. The van der Waals surface area contributed by atoms with Crippen LogP contribution in [0.15, 0.2) is 29.3 Å². The first kappa shape index (κ1) is 21.9. The lowest BCUT2D eigenvalue weighted by atomic mass is 10.1. The number of alkyl halides is 3. The molecule has 0 aromatic heterocycles. The summed E-state index contributed by atoms with van der Waals surface area (Å²) in [5, 5.41) is 3.29. The van der Waals surface area contributed by atoms with Gasteiger partial charge >= 0.3 is 6.18 Å². The third-order valence-electron chi connectivity index (χ3n) is 4.79. The minimum Gasteiger partial charge on any atom is -0.481 e. The summed E-state index contributed by atoms with van der Waals surface area (Å²) in [6, 6.07) is 6.30. The van der Waals surface area contributed by atoms with E-state index in [4.69, 9.17) is 11.2 Å². The molecule has 1 aliphatic rings. The highest BCUT2D eigenvalue weighted by Crippen LogP contribution is 2.25. The summed E-state index contributed by atoms with van der Waals surface area (Å²) < 4.78 is 43.9. The summed E-state index contributed by atoms with van der Waals surface area (Å²) in [5.41, 5.74) is 1.14. The molecule has 0 amide bonds. The van der Waals surface area contributed by atoms with Crippen molar-refractivity contribution in [2.75, 3.05) is 46.4 Å². The first-order valence-corrected chi connectivity index (χ1v) is 9.26. The fraction of sp³-hybridized carbons (Fsp3) is 0.550. The highest BCUT2D eigenvalue weighted by molar-refractivity contribution is 5.80. The van der Waals surface area contributed by atoms with Crippen LogP contribution in [0.4, 0.5) is 13.2 Å². The summed E-state index contributed by atoms with van der Waals surface area (Å²) in [7, 11) is 1.69. The number of hydrogen-bond donors (Lipinski definition) is 1. The Morgan fingerprint density at radius 1 is 1.25 bits per heavy atom. The minimum absolute atomic E-state index is 0.242. The van der Waals surface area contributed by atoms with E-state index in [1.807, 2.05) is 29.2 Å². The molecule has 1 N–H and O–H groups in total. The maximum absolute atomic E-state index is 12.9. The fourth-order valence-electron chi connectivity index (χ4n) is 3.06. The number of rotatable bonds is 6. The van der Waals surface area contributed by atoms with Crippen LogP contribution >= 0.6 is 0 Å². The van der Waals surface area contributed by atoms with E-state index in [2.05, 4.69) is 16.2 Å². The molecule has 1 aromatic carbocycles. The predicted octanol–water partition coefficient (Wildman–Crippen LogP) is 2.38. The molecule has 0 aliphatic carbocycles. The second-order valence-electron chi connectivity index (χ2n) is 6.60. The van der Waals surface area contributed by atoms with E-state index < -0.39 is 12.2 Å². The normalized spacial score (nSPS) is 17.1. The van der Waals surface area contributed by atoms with Crippen LogP contribution in [0.25, 0.3) is 0 Å². The molecule has 1 saturated heterocycles. The van der Waals surface area contributed by atoms with E-state index in [1.165, 1.54) is 11.8 Å². The molecule has 154 valence electrons. The van der Waals surface area contributed by atoms with E-state index in [1.54, 1.807) is 7.05 Å². The standard InChI is InChI=1S/C20H27F3N4O/c1-4-15-28-18-7-5-17(6-8-18)9-10-25-19(24-3)27-13-11-26(12-14-27)16(2)20(21,22)23/h1,5-8,16H,9-15H2,2-3H3,(H,24,25). The van der Waals surface area contributed by atoms with E-state index in [-0.39, 0.29) is 6.61 Å². The van der Waals surface area contributed by atoms with Gasteiger partial charge in [0.05, 0.1) is 0 Å². The molecular weight excluding hydrogens is 369 g/mol. The Hall–Kier alpha value is -2.40. The van der Waals surface area contributed by atoms with Gasteiger partial charge in [-0.25, -0.2) is 0 Å². The second-order valence-corrected chi connectivity index (χ2v) is 6.60. The molecule has 0 radical (unpaired) electrons. The van der Waals surface area contributed by atoms with Crippen LogP contribution in [0.1, 0.15) is 12.5 Å². The van der Waals surface area contributed by atoms with Gasteiger partial charge < -0.3 is 15.0 Å². The lowest BCUT2D eigenvalue weighted by Crippen LogP contribution is -2.56. The molecule has 2 rings (SSSR count). The van der Waals surface area contributed by atoms with Gasteiger partial charge in [0.15, 0.2) is 5.96 Å². The zero-order chi connectivity index (χ0) is 20.6. The van der Waals surface area contributed by atoms with Crippen molar-refractivity contribution < 1.29 is 17.9 Å². The highest BCUT2D eigenvalue weighted by Gasteiger charge is 2.41. The maximum atomic E-state index is 12.9. The number of benzene rings is 1. The molecule has 5 nitrogen and oxygen atoms in total. The van der Waals surface area contributed by atoms with Crippen molar-refractivity contribution in [3.63, 3.8) is 0 Å². The summed E-state index contributed by atoms with van der Waals surface area (Å²) in [4.78, 5) is 7.72. The molecule has 0 saturated carbocycles. The zero-order valence-electron chi connectivity index (χ0n) is 16.3. The molecule has 0 spiro atoms. The van der Waals surface area contributed by atoms with E-state index in [9.17, 15) is 13.2 Å². The summed E-state index contributed by atoms with van der Waals surface area (Å²) in [6.45, 7) is 3.89. The van der Waals surface area contributed by atoms with Crippen LogP contribution < -0.4 is 10.1 Å². The van der Waals surface area contributed by atoms with Gasteiger partial charge in [-0.15, -0.1) is 6.42 Å². The van der Waals surface area contributed by atoms with E-state index in [0.29, 0.717) is 38.7 Å². The molecular formula is C20H27F3N4O. The van der Waals surface area contributed by atoms with Crippen LogP contribution in [0, 0.1) is 12.3 Å². The van der Waals surface area contributed by atoms with Crippen molar-refractivity contribution in [1.29, 1.82) is 0 Å². The topological polar surface area (TPSA) is 40.1 Å². The molecule has 0 bridgehead atoms. The number of aliphatic imine (C=N–C) groups is 1. The largest absolute Gasteiger partial charge is 0.481 e. The van der Waals surface area contributed by atoms with Crippen LogP contribution in [0.3, 0.4) is 0 Å². The van der Waals surface area contributed by atoms with E-state index in [0.717, 1.165) is 17.7 Å². The van der Waals surface area contributed by atoms with Crippen molar-refractivity contribution in [2.24, 2.45) is 4.99 Å². The number of guanidine groups is 1. The van der Waals surface area contributed by atoms with Crippen molar-refractivity contribution in [2.45, 2.75) is 25.6 Å². The second kappa shape index (κ2) is 10.2. The van der Waals surface area contributed by atoms with E-state index >= 15 is 0 Å². The monoisotopic (exact) mass is 396 g/mol. The minimum atomic E-state index is -4.19. The molecule has 1 fully saturated rings. The van der Waals surface area contributed by atoms with Gasteiger partial charge in [-0.05, 0) is 31.0 Å². The van der Waals surface area contributed by atoms with Crippen molar-refractivity contribution in [3.05, 3.63) is 29.8 Å². The molecule has 1 unspecified atom stereocenters. The Labute approximate surface area is 164 Å². The number of terminal acetylenes is 1. The Kier molecular flexibility index (Phi) is 8.00. The average Bonchev–Trinajstić information content (AvgIpc) is 2.69. The van der Waals surface area contributed by atoms with Crippen molar-refractivity contribution >= 4 is 5.96 Å². The van der Waals surface area contributed by atoms with Crippen LogP contribution in [0.2, 0.25) is 0 Å². The quantitative estimate of drug-likeness (QED) is 0.455. The third-order valence-corrected chi connectivity index (χ3v) is 4.79. The number of halogens is 3. The number of hydrogen-bond acceptors (Lipinski definition) is 3. The van der Waals surface area contributed by atoms with Gasteiger partial charge in [-0.3, -0.25) is 9.89 Å². The summed E-state index contributed by atoms with van der Waals surface area (Å²) in [6.07, 6.45) is 1.77. The summed E-state index contributed by atoms with van der Waals surface area (Å²) in [5.74, 6) is 3.87. The average molecular weight is 396 g/mol. The number of nitrogens with one attached hydrogen (secondary N) is 1. The van der Waals surface area contributed by atoms with Gasteiger partial charge in [0, 0.05) is 39.8 Å². The fourth-order valence-corrected chi connectivity index (χ4v) is 3.06. The highest BCUT2D eigenvalue weighted by atomic mass is 19.4. The third kappa shape index (κ3) is 6.34. The Morgan fingerprint density at radius 2 is 1.89 bits per heavy atom. The molecule has 1 heterocycles. The number of ether oxygens (including phenoxy) is 1. The van der Waals surface area contributed by atoms with Gasteiger partial charge in [0.25, 0.3) is 0 Å².